The molecule has 1 fully saturated rings. The first-order valence-electron chi connectivity index (χ1n) is 8.33. The van der Waals surface area contributed by atoms with Gasteiger partial charge in [0.1, 0.15) is 17.0 Å². The van der Waals surface area contributed by atoms with Crippen LogP contribution in [0.15, 0.2) is 6.33 Å². The smallest absolute Gasteiger partial charge is 0.141 e. The van der Waals surface area contributed by atoms with E-state index in [-0.39, 0.29) is 0 Å². The van der Waals surface area contributed by atoms with E-state index in [0.29, 0.717) is 12.1 Å². The van der Waals surface area contributed by atoms with E-state index in [2.05, 4.69) is 40.8 Å². The fourth-order valence-electron chi connectivity index (χ4n) is 3.97. The Bertz CT molecular complexity index is 695. The molecule has 4 rings (SSSR count). The maximum Gasteiger partial charge on any atom is 0.141 e. The number of hydrogen-bond donors (Lipinski definition) is 0. The minimum atomic E-state index is 0.584. The molecule has 5 heteroatoms. The Hall–Kier alpha value is -1.20. The van der Waals surface area contributed by atoms with Gasteiger partial charge in [-0.3, -0.25) is 0 Å². The molecule has 2 aromatic rings. The summed E-state index contributed by atoms with van der Waals surface area (Å²) >= 11 is 1.88. The van der Waals surface area contributed by atoms with Gasteiger partial charge in [-0.2, -0.15) is 0 Å². The van der Waals surface area contributed by atoms with E-state index in [1.54, 1.807) is 11.2 Å². The molecule has 0 spiro atoms. The number of fused-ring (bicyclic) bond motifs is 3. The summed E-state index contributed by atoms with van der Waals surface area (Å²) in [5.74, 6) is 1.16. The Kier molecular flexibility index (Phi) is 3.57. The lowest BCUT2D eigenvalue weighted by Gasteiger charge is -2.40. The van der Waals surface area contributed by atoms with Crippen LogP contribution in [0.25, 0.3) is 10.2 Å². The van der Waals surface area contributed by atoms with Crippen molar-refractivity contribution >= 4 is 27.4 Å². The second-order valence-electron chi connectivity index (χ2n) is 6.85. The molecule has 0 unspecified atom stereocenters. The quantitative estimate of drug-likeness (QED) is 0.852. The molecule has 118 valence electrons. The molecule has 22 heavy (non-hydrogen) atoms. The van der Waals surface area contributed by atoms with Crippen LogP contribution in [-0.2, 0) is 12.8 Å². The van der Waals surface area contributed by atoms with Gasteiger partial charge in [-0.15, -0.1) is 11.3 Å². The third-order valence-corrected chi connectivity index (χ3v) is 6.74. The first-order chi connectivity index (χ1) is 10.6. The lowest BCUT2D eigenvalue weighted by molar-refractivity contribution is 0.181. The molecule has 0 aromatic carbocycles. The van der Waals surface area contributed by atoms with Crippen molar-refractivity contribution in [2.24, 2.45) is 0 Å². The Morgan fingerprint density at radius 2 is 2.18 bits per heavy atom. The molecule has 2 aromatic heterocycles. The summed E-state index contributed by atoms with van der Waals surface area (Å²) in [4.78, 5) is 16.8. The van der Waals surface area contributed by atoms with Gasteiger partial charge in [0.15, 0.2) is 0 Å². The highest BCUT2D eigenvalue weighted by Gasteiger charge is 2.29. The van der Waals surface area contributed by atoms with Crippen LogP contribution in [0, 0.1) is 0 Å². The molecule has 0 bridgehead atoms. The summed E-state index contributed by atoms with van der Waals surface area (Å²) in [7, 11) is 4.46. The first kappa shape index (κ1) is 14.4. The molecule has 1 aliphatic carbocycles. The van der Waals surface area contributed by atoms with E-state index in [1.807, 2.05) is 11.3 Å². The minimum absolute atomic E-state index is 0.584. The van der Waals surface area contributed by atoms with Gasteiger partial charge >= 0.3 is 0 Å². The van der Waals surface area contributed by atoms with Crippen LogP contribution in [0.4, 0.5) is 5.82 Å². The fourth-order valence-corrected chi connectivity index (χ4v) is 5.19. The molecule has 0 amide bonds. The molecule has 1 aliphatic heterocycles. The van der Waals surface area contributed by atoms with E-state index >= 15 is 0 Å². The van der Waals surface area contributed by atoms with E-state index in [9.17, 15) is 0 Å². The summed E-state index contributed by atoms with van der Waals surface area (Å²) in [6.07, 6.45) is 7.90. The predicted octanol–water partition coefficient (Wildman–Crippen LogP) is 3.10. The summed E-state index contributed by atoms with van der Waals surface area (Å²) in [5, 5.41) is 1.34. The van der Waals surface area contributed by atoms with Crippen LogP contribution in [0.5, 0.6) is 0 Å². The summed E-state index contributed by atoms with van der Waals surface area (Å²) in [6, 6.07) is 1.23. The average Bonchev–Trinajstić information content (AvgIpc) is 3.09. The Labute approximate surface area is 136 Å². The number of rotatable bonds is 2. The summed E-state index contributed by atoms with van der Waals surface area (Å²) in [5.41, 5.74) is 1.53. The standard InChI is InChI=1S/C17H24N4S/c1-11-9-12(7-8-20(11)2)21(3)16-15-13-5-4-6-14(13)22-17(15)19-10-18-16/h10-12H,4-9H2,1-3H3/t11-,12+/m1/s1. The molecule has 2 aliphatic rings. The molecule has 0 saturated carbocycles. The highest BCUT2D eigenvalue weighted by atomic mass is 32.1. The monoisotopic (exact) mass is 316 g/mol. The van der Waals surface area contributed by atoms with Gasteiger partial charge in [0.05, 0.1) is 5.39 Å². The zero-order chi connectivity index (χ0) is 15.3. The maximum absolute atomic E-state index is 4.68. The third kappa shape index (κ3) is 2.22. The van der Waals surface area contributed by atoms with E-state index in [1.165, 1.54) is 54.4 Å². The van der Waals surface area contributed by atoms with Gasteiger partial charge < -0.3 is 9.80 Å². The van der Waals surface area contributed by atoms with Crippen LogP contribution in [0.3, 0.4) is 0 Å². The Morgan fingerprint density at radius 3 is 3.00 bits per heavy atom. The molecule has 2 atom stereocenters. The van der Waals surface area contributed by atoms with Gasteiger partial charge in [0.2, 0.25) is 0 Å². The number of piperidine rings is 1. The lowest BCUT2D eigenvalue weighted by atomic mass is 9.97. The van der Waals surface area contributed by atoms with Crippen molar-refractivity contribution in [1.82, 2.24) is 14.9 Å². The van der Waals surface area contributed by atoms with Gasteiger partial charge in [0.25, 0.3) is 0 Å². The largest absolute Gasteiger partial charge is 0.356 e. The average molecular weight is 316 g/mol. The predicted molar refractivity (Wildman–Crippen MR) is 93.0 cm³/mol. The van der Waals surface area contributed by atoms with Crippen molar-refractivity contribution in [3.63, 3.8) is 0 Å². The van der Waals surface area contributed by atoms with Crippen molar-refractivity contribution in [3.05, 3.63) is 16.8 Å². The van der Waals surface area contributed by atoms with E-state index in [0.717, 1.165) is 5.82 Å². The van der Waals surface area contributed by atoms with Crippen molar-refractivity contribution in [2.45, 2.75) is 51.1 Å². The third-order valence-electron chi connectivity index (χ3n) is 5.54. The van der Waals surface area contributed by atoms with Gasteiger partial charge in [0, 0.05) is 30.6 Å². The van der Waals surface area contributed by atoms with Gasteiger partial charge in [-0.05, 0) is 51.6 Å². The van der Waals surface area contributed by atoms with E-state index < -0.39 is 0 Å². The zero-order valence-corrected chi connectivity index (χ0v) is 14.5. The van der Waals surface area contributed by atoms with Crippen LogP contribution in [0.1, 0.15) is 36.6 Å². The number of likely N-dealkylation sites (tertiary alicyclic amines) is 1. The van der Waals surface area contributed by atoms with Crippen molar-refractivity contribution in [3.8, 4) is 0 Å². The molecule has 0 radical (unpaired) electrons. The first-order valence-corrected chi connectivity index (χ1v) is 9.15. The van der Waals surface area contributed by atoms with Gasteiger partial charge in [-0.25, -0.2) is 9.97 Å². The Balaban J connectivity index is 1.71. The molecular formula is C17H24N4S. The molecule has 4 nitrogen and oxygen atoms in total. The number of anilines is 1. The zero-order valence-electron chi connectivity index (χ0n) is 13.7. The minimum Gasteiger partial charge on any atom is -0.356 e. The SMILES string of the molecule is C[C@@H]1C[C@@H](N(C)c2ncnc3sc4c(c23)CCC4)CCN1C. The second-order valence-corrected chi connectivity index (χ2v) is 7.94. The van der Waals surface area contributed by atoms with Crippen molar-refractivity contribution < 1.29 is 0 Å². The molecular weight excluding hydrogens is 292 g/mol. The van der Waals surface area contributed by atoms with Gasteiger partial charge in [-0.1, -0.05) is 0 Å². The molecule has 1 saturated heterocycles. The fraction of sp³-hybridized carbons (Fsp3) is 0.647. The number of aromatic nitrogens is 2. The Morgan fingerprint density at radius 1 is 1.32 bits per heavy atom. The number of hydrogen-bond acceptors (Lipinski definition) is 5. The number of nitrogens with zero attached hydrogens (tertiary/aromatic N) is 4. The summed E-state index contributed by atoms with van der Waals surface area (Å²) in [6.45, 7) is 3.50. The van der Waals surface area contributed by atoms with Crippen LogP contribution in [-0.4, -0.2) is 47.6 Å². The summed E-state index contributed by atoms with van der Waals surface area (Å²) < 4.78 is 0. The van der Waals surface area contributed by atoms with Crippen LogP contribution >= 0.6 is 11.3 Å². The maximum atomic E-state index is 4.68. The van der Waals surface area contributed by atoms with E-state index in [4.69, 9.17) is 0 Å². The van der Waals surface area contributed by atoms with Crippen molar-refractivity contribution in [1.29, 1.82) is 0 Å². The lowest BCUT2D eigenvalue weighted by Crippen LogP contribution is -2.46. The normalized spacial score (nSPS) is 25.6. The number of thiophene rings is 1. The van der Waals surface area contributed by atoms with Crippen LogP contribution < -0.4 is 4.90 Å². The second kappa shape index (κ2) is 5.46. The molecule has 3 heterocycles. The van der Waals surface area contributed by atoms with Crippen LogP contribution in [0.2, 0.25) is 0 Å². The van der Waals surface area contributed by atoms with Crippen molar-refractivity contribution in [2.75, 3.05) is 25.5 Å². The topological polar surface area (TPSA) is 32.3 Å². The molecule has 0 N–H and O–H groups in total. The number of aryl methyl sites for hydroxylation is 2. The highest BCUT2D eigenvalue weighted by Crippen LogP contribution is 2.40. The highest BCUT2D eigenvalue weighted by molar-refractivity contribution is 7.19.